The summed E-state index contributed by atoms with van der Waals surface area (Å²) < 4.78 is 0. The van der Waals surface area contributed by atoms with Crippen LogP contribution in [0.4, 0.5) is 5.13 Å². The topological polar surface area (TPSA) is 65.5 Å². The molecule has 0 spiro atoms. The first-order valence-electron chi connectivity index (χ1n) is 7.42. The van der Waals surface area contributed by atoms with Crippen molar-refractivity contribution in [3.05, 3.63) is 11.1 Å². The molecule has 1 aliphatic carbocycles. The summed E-state index contributed by atoms with van der Waals surface area (Å²) >= 11 is 1.51. The maximum atomic E-state index is 11.7. The molecule has 0 radical (unpaired) electrons. The maximum absolute atomic E-state index is 11.7. The number of rotatable bonds is 6. The lowest BCUT2D eigenvalue weighted by Gasteiger charge is -2.25. The third-order valence-electron chi connectivity index (χ3n) is 3.64. The average molecular weight is 311 g/mol. The standard InChI is InChI=1S/C15H25N3O2S/c1-10(19)18(12-5-6-12)14-17-11(9-21-14)7-16-8-13(20)15(2,3)4/h9,12-13,16,20H,5-8H2,1-4H3. The quantitative estimate of drug-likeness (QED) is 0.845. The first kappa shape index (κ1) is 16.4. The summed E-state index contributed by atoms with van der Waals surface area (Å²) in [5.41, 5.74) is 0.792. The van der Waals surface area contributed by atoms with Gasteiger partial charge in [-0.1, -0.05) is 20.8 Å². The lowest BCUT2D eigenvalue weighted by Crippen LogP contribution is -2.36. The maximum Gasteiger partial charge on any atom is 0.225 e. The molecule has 1 aromatic rings. The molecule has 1 fully saturated rings. The zero-order valence-electron chi connectivity index (χ0n) is 13.2. The molecule has 0 saturated heterocycles. The van der Waals surface area contributed by atoms with Gasteiger partial charge in [-0.25, -0.2) is 4.98 Å². The van der Waals surface area contributed by atoms with Crippen molar-refractivity contribution in [3.63, 3.8) is 0 Å². The van der Waals surface area contributed by atoms with Gasteiger partial charge < -0.3 is 10.4 Å². The van der Waals surface area contributed by atoms with Gasteiger partial charge in [-0.15, -0.1) is 11.3 Å². The van der Waals surface area contributed by atoms with E-state index in [1.54, 1.807) is 11.8 Å². The van der Waals surface area contributed by atoms with E-state index in [-0.39, 0.29) is 11.3 Å². The van der Waals surface area contributed by atoms with E-state index in [9.17, 15) is 9.90 Å². The summed E-state index contributed by atoms with van der Waals surface area (Å²) in [6.07, 6.45) is 1.76. The fraction of sp³-hybridized carbons (Fsp3) is 0.733. The summed E-state index contributed by atoms with van der Waals surface area (Å²) in [7, 11) is 0. The largest absolute Gasteiger partial charge is 0.391 e. The van der Waals surface area contributed by atoms with E-state index in [2.05, 4.69) is 10.3 Å². The van der Waals surface area contributed by atoms with Crippen LogP contribution in [0.2, 0.25) is 0 Å². The molecule has 6 heteroatoms. The van der Waals surface area contributed by atoms with Gasteiger partial charge in [0.15, 0.2) is 5.13 Å². The van der Waals surface area contributed by atoms with Crippen molar-refractivity contribution in [3.8, 4) is 0 Å². The van der Waals surface area contributed by atoms with Crippen LogP contribution in [0.25, 0.3) is 0 Å². The fourth-order valence-corrected chi connectivity index (χ4v) is 2.95. The molecule has 0 aliphatic heterocycles. The van der Waals surface area contributed by atoms with Crippen LogP contribution in [0.1, 0.15) is 46.2 Å². The van der Waals surface area contributed by atoms with E-state index >= 15 is 0 Å². The Bertz CT molecular complexity index is 491. The minimum atomic E-state index is -0.393. The monoisotopic (exact) mass is 311 g/mol. The summed E-state index contributed by atoms with van der Waals surface area (Å²) in [4.78, 5) is 18.0. The predicted molar refractivity (Wildman–Crippen MR) is 85.5 cm³/mol. The molecule has 0 bridgehead atoms. The normalized spacial score (nSPS) is 16.8. The smallest absolute Gasteiger partial charge is 0.225 e. The number of hydrogen-bond donors (Lipinski definition) is 2. The zero-order chi connectivity index (χ0) is 15.6. The third-order valence-corrected chi connectivity index (χ3v) is 4.53. The van der Waals surface area contributed by atoms with E-state index in [1.807, 2.05) is 26.2 Å². The van der Waals surface area contributed by atoms with E-state index in [0.29, 0.717) is 19.1 Å². The number of thiazole rings is 1. The van der Waals surface area contributed by atoms with Gasteiger partial charge in [0.1, 0.15) is 0 Å². The van der Waals surface area contributed by atoms with Crippen LogP contribution in [-0.2, 0) is 11.3 Å². The molecule has 1 amide bonds. The molecule has 1 heterocycles. The van der Waals surface area contributed by atoms with Crippen LogP contribution in [0, 0.1) is 5.41 Å². The highest BCUT2D eigenvalue weighted by atomic mass is 32.1. The number of carbonyl (C=O) groups excluding carboxylic acids is 1. The van der Waals surface area contributed by atoms with Gasteiger partial charge in [-0.3, -0.25) is 9.69 Å². The van der Waals surface area contributed by atoms with Crippen molar-refractivity contribution >= 4 is 22.4 Å². The van der Waals surface area contributed by atoms with Gasteiger partial charge in [0.05, 0.1) is 11.8 Å². The van der Waals surface area contributed by atoms with Gasteiger partial charge in [0.25, 0.3) is 0 Å². The molecule has 21 heavy (non-hydrogen) atoms. The Labute approximate surface area is 130 Å². The van der Waals surface area contributed by atoms with Crippen LogP contribution < -0.4 is 10.2 Å². The minimum Gasteiger partial charge on any atom is -0.391 e. The van der Waals surface area contributed by atoms with Crippen LogP contribution in [0.15, 0.2) is 5.38 Å². The van der Waals surface area contributed by atoms with Crippen molar-refractivity contribution in [2.24, 2.45) is 5.41 Å². The highest BCUT2D eigenvalue weighted by molar-refractivity contribution is 7.14. The summed E-state index contributed by atoms with van der Waals surface area (Å²) in [5, 5.41) is 16.0. The van der Waals surface area contributed by atoms with Gasteiger partial charge in [0.2, 0.25) is 5.91 Å². The van der Waals surface area contributed by atoms with Gasteiger partial charge >= 0.3 is 0 Å². The third kappa shape index (κ3) is 4.49. The van der Waals surface area contributed by atoms with E-state index in [1.165, 1.54) is 11.3 Å². The molecular formula is C15H25N3O2S. The Morgan fingerprint density at radius 2 is 2.24 bits per heavy atom. The molecule has 1 aliphatic rings. The number of nitrogens with zero attached hydrogens (tertiary/aromatic N) is 2. The van der Waals surface area contributed by atoms with Crippen molar-refractivity contribution in [1.29, 1.82) is 0 Å². The molecule has 5 nitrogen and oxygen atoms in total. The van der Waals surface area contributed by atoms with Gasteiger partial charge in [-0.05, 0) is 18.3 Å². The first-order chi connectivity index (χ1) is 9.79. The lowest BCUT2D eigenvalue weighted by atomic mass is 9.89. The number of aliphatic hydroxyl groups is 1. The van der Waals surface area contributed by atoms with E-state index < -0.39 is 6.10 Å². The van der Waals surface area contributed by atoms with Gasteiger partial charge in [0, 0.05) is 31.4 Å². The number of carbonyl (C=O) groups is 1. The number of aliphatic hydroxyl groups excluding tert-OH is 1. The summed E-state index contributed by atoms with van der Waals surface area (Å²) in [6, 6.07) is 0.345. The Balaban J connectivity index is 1.87. The number of anilines is 1. The number of nitrogens with one attached hydrogen (secondary N) is 1. The SMILES string of the molecule is CC(=O)N(c1nc(CNCC(O)C(C)(C)C)cs1)C1CC1. The highest BCUT2D eigenvalue weighted by Crippen LogP contribution is 2.33. The number of aromatic nitrogens is 1. The Morgan fingerprint density at radius 3 is 2.76 bits per heavy atom. The molecule has 0 aromatic carbocycles. The van der Waals surface area contributed by atoms with Crippen LogP contribution in [-0.4, -0.2) is 34.7 Å². The van der Waals surface area contributed by atoms with Gasteiger partial charge in [-0.2, -0.15) is 0 Å². The first-order valence-corrected chi connectivity index (χ1v) is 8.30. The second-order valence-electron chi connectivity index (χ2n) is 6.75. The second-order valence-corrected chi connectivity index (χ2v) is 7.59. The van der Waals surface area contributed by atoms with Crippen molar-refractivity contribution in [1.82, 2.24) is 10.3 Å². The number of amides is 1. The van der Waals surface area contributed by atoms with Crippen LogP contribution in [0.3, 0.4) is 0 Å². The molecule has 1 unspecified atom stereocenters. The molecular weight excluding hydrogens is 286 g/mol. The summed E-state index contributed by atoms with van der Waals surface area (Å²) in [6.45, 7) is 8.79. The molecule has 2 N–H and O–H groups in total. The fourth-order valence-electron chi connectivity index (χ4n) is 2.01. The molecule has 1 saturated carbocycles. The van der Waals surface area contributed by atoms with Crippen molar-refractivity contribution in [2.75, 3.05) is 11.4 Å². The van der Waals surface area contributed by atoms with E-state index in [4.69, 9.17) is 0 Å². The lowest BCUT2D eigenvalue weighted by molar-refractivity contribution is -0.116. The van der Waals surface area contributed by atoms with Crippen molar-refractivity contribution in [2.45, 2.75) is 59.2 Å². The zero-order valence-corrected chi connectivity index (χ0v) is 14.0. The Hall–Kier alpha value is -0.980. The van der Waals surface area contributed by atoms with Crippen molar-refractivity contribution < 1.29 is 9.90 Å². The molecule has 2 rings (SSSR count). The highest BCUT2D eigenvalue weighted by Gasteiger charge is 2.33. The van der Waals surface area contributed by atoms with E-state index in [0.717, 1.165) is 23.7 Å². The average Bonchev–Trinajstić information content (AvgIpc) is 3.07. The van der Waals surface area contributed by atoms with Crippen LogP contribution in [0.5, 0.6) is 0 Å². The minimum absolute atomic E-state index is 0.0644. The van der Waals surface area contributed by atoms with Crippen LogP contribution >= 0.6 is 11.3 Å². The molecule has 118 valence electrons. The number of hydrogen-bond acceptors (Lipinski definition) is 5. The second kappa shape index (κ2) is 6.42. The molecule has 1 atom stereocenters. The predicted octanol–water partition coefficient (Wildman–Crippen LogP) is 2.15. The Morgan fingerprint density at radius 1 is 1.57 bits per heavy atom. The summed E-state index contributed by atoms with van der Waals surface area (Å²) in [5.74, 6) is 0.0644. The molecule has 1 aromatic heterocycles. The Kier molecular flexibility index (Phi) is 5.01.